The predicted molar refractivity (Wildman–Crippen MR) is 48.6 cm³/mol. The number of nitrogens with one attached hydrogen (secondary N) is 1. The van der Waals surface area contributed by atoms with Gasteiger partial charge in [0.1, 0.15) is 0 Å². The number of aromatic nitrogens is 2. The van der Waals surface area contributed by atoms with Crippen molar-refractivity contribution >= 4 is 0 Å². The van der Waals surface area contributed by atoms with Crippen LogP contribution in [0.25, 0.3) is 0 Å². The molecule has 0 radical (unpaired) electrons. The van der Waals surface area contributed by atoms with Gasteiger partial charge in [-0.15, -0.1) is 0 Å². The first-order valence-corrected chi connectivity index (χ1v) is 4.53. The van der Waals surface area contributed by atoms with Gasteiger partial charge in [0.2, 0.25) is 5.82 Å². The van der Waals surface area contributed by atoms with Gasteiger partial charge in [-0.1, -0.05) is 13.3 Å². The summed E-state index contributed by atoms with van der Waals surface area (Å²) in [5.74, 6) is -1.23. The summed E-state index contributed by atoms with van der Waals surface area (Å²) < 4.78 is 36.7. The lowest BCUT2D eigenvalue weighted by atomic mass is 10.1. The van der Waals surface area contributed by atoms with Crippen molar-refractivity contribution in [3.05, 3.63) is 27.4 Å². The predicted octanol–water partition coefficient (Wildman–Crippen LogP) is 2.05. The normalized spacial score (nSPS) is 11.8. The average Bonchev–Trinajstić information content (AvgIpc) is 2.09. The minimum Gasteiger partial charge on any atom is -0.303 e. The van der Waals surface area contributed by atoms with Crippen LogP contribution < -0.4 is 5.56 Å². The van der Waals surface area contributed by atoms with Gasteiger partial charge in [-0.2, -0.15) is 13.2 Å². The number of hydrogen-bond acceptors (Lipinski definition) is 2. The van der Waals surface area contributed by atoms with Crippen molar-refractivity contribution in [2.24, 2.45) is 0 Å². The smallest absolute Gasteiger partial charge is 0.303 e. The van der Waals surface area contributed by atoms with Crippen molar-refractivity contribution in [1.29, 1.82) is 0 Å². The van der Waals surface area contributed by atoms with Crippen LogP contribution in [-0.4, -0.2) is 9.97 Å². The summed E-state index contributed by atoms with van der Waals surface area (Å²) in [4.78, 5) is 16.4. The zero-order valence-corrected chi connectivity index (χ0v) is 8.40. The molecule has 15 heavy (non-hydrogen) atoms. The van der Waals surface area contributed by atoms with E-state index in [-0.39, 0.29) is 5.69 Å². The molecule has 1 aromatic rings. The monoisotopic (exact) mass is 220 g/mol. The van der Waals surface area contributed by atoms with Crippen molar-refractivity contribution in [3.63, 3.8) is 0 Å². The first-order chi connectivity index (χ1) is 6.86. The molecule has 1 N–H and O–H groups in total. The standard InChI is InChI=1S/C9H11F3N2O/c1-3-4-6-5(2)13-8(9(10,11)12)14-7(6)15/h3-4H2,1-2H3,(H,13,14,15). The van der Waals surface area contributed by atoms with Crippen LogP contribution in [0.4, 0.5) is 13.2 Å². The Balaban J connectivity index is 3.26. The zero-order chi connectivity index (χ0) is 11.6. The second kappa shape index (κ2) is 4.04. The van der Waals surface area contributed by atoms with Crippen LogP contribution in [0, 0.1) is 6.92 Å². The Hall–Kier alpha value is -1.33. The Kier molecular flexibility index (Phi) is 3.16. The number of H-pyrrole nitrogens is 1. The Morgan fingerprint density at radius 1 is 1.40 bits per heavy atom. The molecule has 1 heterocycles. The summed E-state index contributed by atoms with van der Waals surface area (Å²) in [5, 5.41) is 0. The van der Waals surface area contributed by atoms with Crippen LogP contribution in [-0.2, 0) is 12.6 Å². The van der Waals surface area contributed by atoms with Gasteiger partial charge < -0.3 is 4.98 Å². The molecule has 0 aliphatic carbocycles. The first kappa shape index (κ1) is 11.7. The van der Waals surface area contributed by atoms with E-state index in [0.29, 0.717) is 18.4 Å². The molecule has 84 valence electrons. The Bertz CT molecular complexity index is 409. The number of hydrogen-bond donors (Lipinski definition) is 1. The summed E-state index contributed by atoms with van der Waals surface area (Å²) in [6.45, 7) is 3.26. The summed E-state index contributed by atoms with van der Waals surface area (Å²) >= 11 is 0. The molecule has 0 fully saturated rings. The van der Waals surface area contributed by atoms with E-state index in [4.69, 9.17) is 0 Å². The maximum atomic E-state index is 12.2. The van der Waals surface area contributed by atoms with E-state index >= 15 is 0 Å². The molecule has 0 saturated heterocycles. The molecule has 0 saturated carbocycles. The van der Waals surface area contributed by atoms with E-state index in [1.165, 1.54) is 6.92 Å². The van der Waals surface area contributed by atoms with E-state index < -0.39 is 17.6 Å². The van der Waals surface area contributed by atoms with Crippen LogP contribution in [0.2, 0.25) is 0 Å². The number of nitrogens with zero attached hydrogens (tertiary/aromatic N) is 1. The van der Waals surface area contributed by atoms with Crippen LogP contribution in [0.5, 0.6) is 0 Å². The fourth-order valence-electron chi connectivity index (χ4n) is 1.29. The third-order valence-electron chi connectivity index (χ3n) is 1.99. The van der Waals surface area contributed by atoms with Crippen molar-refractivity contribution in [3.8, 4) is 0 Å². The molecule has 0 aromatic carbocycles. The average molecular weight is 220 g/mol. The van der Waals surface area contributed by atoms with Gasteiger partial charge in [0.25, 0.3) is 5.56 Å². The molecule has 1 aromatic heterocycles. The largest absolute Gasteiger partial charge is 0.449 e. The molecule has 0 amide bonds. The molecule has 6 heteroatoms. The highest BCUT2D eigenvalue weighted by Gasteiger charge is 2.34. The fraction of sp³-hybridized carbons (Fsp3) is 0.556. The van der Waals surface area contributed by atoms with Crippen LogP contribution in [0.15, 0.2) is 4.79 Å². The third kappa shape index (κ3) is 2.57. The lowest BCUT2D eigenvalue weighted by molar-refractivity contribution is -0.145. The van der Waals surface area contributed by atoms with Gasteiger partial charge in [0.05, 0.1) is 0 Å². The molecule has 0 bridgehead atoms. The highest BCUT2D eigenvalue weighted by molar-refractivity contribution is 5.17. The van der Waals surface area contributed by atoms with Crippen molar-refractivity contribution in [2.45, 2.75) is 32.9 Å². The second-order valence-electron chi connectivity index (χ2n) is 3.23. The maximum absolute atomic E-state index is 12.2. The molecular formula is C9H11F3N2O. The highest BCUT2D eigenvalue weighted by atomic mass is 19.4. The van der Waals surface area contributed by atoms with Crippen molar-refractivity contribution < 1.29 is 13.2 Å². The lowest BCUT2D eigenvalue weighted by Gasteiger charge is -2.08. The van der Waals surface area contributed by atoms with E-state index in [2.05, 4.69) is 4.98 Å². The lowest BCUT2D eigenvalue weighted by Crippen LogP contribution is -2.23. The van der Waals surface area contributed by atoms with Crippen molar-refractivity contribution in [1.82, 2.24) is 9.97 Å². The summed E-state index contributed by atoms with van der Waals surface area (Å²) in [6.07, 6.45) is -3.47. The Labute approximate surface area is 84.4 Å². The summed E-state index contributed by atoms with van der Waals surface area (Å²) in [7, 11) is 0. The van der Waals surface area contributed by atoms with Gasteiger partial charge >= 0.3 is 6.18 Å². The molecule has 1 rings (SSSR count). The van der Waals surface area contributed by atoms with Gasteiger partial charge in [-0.05, 0) is 13.3 Å². The molecule has 0 aliphatic rings. The van der Waals surface area contributed by atoms with Crippen LogP contribution in [0.3, 0.4) is 0 Å². The van der Waals surface area contributed by atoms with E-state index in [1.807, 2.05) is 6.92 Å². The topological polar surface area (TPSA) is 45.8 Å². The van der Waals surface area contributed by atoms with E-state index in [9.17, 15) is 18.0 Å². The first-order valence-electron chi connectivity index (χ1n) is 4.53. The summed E-state index contributed by atoms with van der Waals surface area (Å²) in [5.41, 5.74) is -0.227. The molecule has 0 atom stereocenters. The van der Waals surface area contributed by atoms with Gasteiger partial charge in [-0.3, -0.25) is 4.79 Å². The second-order valence-corrected chi connectivity index (χ2v) is 3.23. The minimum atomic E-state index is -4.60. The molecule has 0 spiro atoms. The number of alkyl halides is 3. The molecule has 3 nitrogen and oxygen atoms in total. The van der Waals surface area contributed by atoms with Crippen LogP contribution >= 0.6 is 0 Å². The number of halogens is 3. The zero-order valence-electron chi connectivity index (χ0n) is 8.40. The van der Waals surface area contributed by atoms with Gasteiger partial charge in [0.15, 0.2) is 0 Å². The molecular weight excluding hydrogens is 209 g/mol. The van der Waals surface area contributed by atoms with Crippen molar-refractivity contribution in [2.75, 3.05) is 0 Å². The quantitative estimate of drug-likeness (QED) is 0.829. The third-order valence-corrected chi connectivity index (χ3v) is 1.99. The molecule has 0 unspecified atom stereocenters. The maximum Gasteiger partial charge on any atom is 0.449 e. The SMILES string of the molecule is CCCc1c(C)nc(C(F)(F)F)[nH]c1=O. The summed E-state index contributed by atoms with van der Waals surface area (Å²) in [6, 6.07) is 0. The number of aryl methyl sites for hydroxylation is 1. The van der Waals surface area contributed by atoms with Gasteiger partial charge in [0, 0.05) is 11.3 Å². The van der Waals surface area contributed by atoms with Crippen LogP contribution in [0.1, 0.15) is 30.4 Å². The van der Waals surface area contributed by atoms with E-state index in [1.54, 1.807) is 4.98 Å². The Morgan fingerprint density at radius 2 is 2.00 bits per heavy atom. The number of rotatable bonds is 2. The van der Waals surface area contributed by atoms with Gasteiger partial charge in [-0.25, -0.2) is 4.98 Å². The highest BCUT2D eigenvalue weighted by Crippen LogP contribution is 2.25. The fourth-order valence-corrected chi connectivity index (χ4v) is 1.29. The molecule has 0 aliphatic heterocycles. The minimum absolute atomic E-state index is 0.146. The Morgan fingerprint density at radius 3 is 2.40 bits per heavy atom. The van der Waals surface area contributed by atoms with E-state index in [0.717, 1.165) is 0 Å². The number of aromatic amines is 1.